The molecule has 0 atom stereocenters. The maximum atomic E-state index is 12.7. The van der Waals surface area contributed by atoms with Gasteiger partial charge in [0, 0.05) is 0 Å². The fraction of sp³-hybridized carbons (Fsp3) is 0.500. The zero-order valence-corrected chi connectivity index (χ0v) is 14.5. The first-order valence-electron chi connectivity index (χ1n) is 8.52. The number of nitrogens with zero attached hydrogens (tertiary/aromatic N) is 1. The molecule has 3 rings (SSSR count). The van der Waals surface area contributed by atoms with E-state index < -0.39 is 17.5 Å². The largest absolute Gasteiger partial charge is 0.495 e. The molecule has 1 aliphatic carbocycles. The Hall–Kier alpha value is -2.57. The minimum atomic E-state index is -0.825. The summed E-state index contributed by atoms with van der Waals surface area (Å²) in [6.45, 7) is 1.84. The highest BCUT2D eigenvalue weighted by molar-refractivity contribution is 6.10. The van der Waals surface area contributed by atoms with E-state index in [0.29, 0.717) is 30.2 Å². The summed E-state index contributed by atoms with van der Waals surface area (Å²) in [5.74, 6) is 0.345. The van der Waals surface area contributed by atoms with Gasteiger partial charge in [-0.2, -0.15) is 0 Å². The molecule has 1 aliphatic heterocycles. The van der Waals surface area contributed by atoms with Crippen LogP contribution in [0.3, 0.4) is 0 Å². The van der Waals surface area contributed by atoms with Gasteiger partial charge in [0.25, 0.3) is 5.91 Å². The predicted molar refractivity (Wildman–Crippen MR) is 92.2 cm³/mol. The Balaban J connectivity index is 1.67. The minimum absolute atomic E-state index is 0.292. The summed E-state index contributed by atoms with van der Waals surface area (Å²) < 4.78 is 5.18. The molecule has 4 amide bonds. The highest BCUT2D eigenvalue weighted by atomic mass is 16.5. The summed E-state index contributed by atoms with van der Waals surface area (Å²) in [7, 11) is 1.51. The molecular weight excluding hydrogens is 322 g/mol. The van der Waals surface area contributed by atoms with E-state index in [0.717, 1.165) is 17.7 Å². The van der Waals surface area contributed by atoms with Gasteiger partial charge in [0.1, 0.15) is 17.8 Å². The van der Waals surface area contributed by atoms with Crippen LogP contribution in [0.1, 0.15) is 32.6 Å². The van der Waals surface area contributed by atoms with Crippen LogP contribution in [-0.2, 0) is 9.59 Å². The lowest BCUT2D eigenvalue weighted by Crippen LogP contribution is -2.49. The van der Waals surface area contributed by atoms with E-state index in [2.05, 4.69) is 17.6 Å². The first-order chi connectivity index (χ1) is 11.9. The number of para-hydroxylation sites is 2. The van der Waals surface area contributed by atoms with Gasteiger partial charge in [0.2, 0.25) is 5.91 Å². The van der Waals surface area contributed by atoms with Gasteiger partial charge in [0.15, 0.2) is 0 Å². The second-order valence-electron chi connectivity index (χ2n) is 6.83. The lowest BCUT2D eigenvalue weighted by Gasteiger charge is -2.33. The molecule has 0 radical (unpaired) electrons. The van der Waals surface area contributed by atoms with Crippen LogP contribution in [0.15, 0.2) is 24.3 Å². The normalized spacial score (nSPS) is 25.8. The molecule has 25 heavy (non-hydrogen) atoms. The molecule has 7 heteroatoms. The van der Waals surface area contributed by atoms with Crippen molar-refractivity contribution in [1.29, 1.82) is 0 Å². The van der Waals surface area contributed by atoms with Gasteiger partial charge < -0.3 is 15.4 Å². The molecule has 2 fully saturated rings. The Bertz CT molecular complexity index is 695. The van der Waals surface area contributed by atoms with Crippen LogP contribution in [0.4, 0.5) is 10.5 Å². The van der Waals surface area contributed by atoms with E-state index >= 15 is 0 Å². The Morgan fingerprint density at radius 3 is 2.68 bits per heavy atom. The Kier molecular flexibility index (Phi) is 4.65. The van der Waals surface area contributed by atoms with Crippen molar-refractivity contribution in [3.05, 3.63) is 24.3 Å². The molecule has 2 aliphatic rings. The van der Waals surface area contributed by atoms with Crippen molar-refractivity contribution in [1.82, 2.24) is 10.2 Å². The molecule has 2 N–H and O–H groups in total. The molecule has 1 heterocycles. The van der Waals surface area contributed by atoms with Crippen molar-refractivity contribution in [2.75, 3.05) is 19.0 Å². The summed E-state index contributed by atoms with van der Waals surface area (Å²) in [5.41, 5.74) is -0.322. The third-order valence-corrected chi connectivity index (χ3v) is 5.06. The number of carbonyl (C=O) groups excluding carboxylic acids is 3. The zero-order valence-electron chi connectivity index (χ0n) is 14.5. The maximum Gasteiger partial charge on any atom is 0.325 e. The average molecular weight is 345 g/mol. The molecule has 0 unspecified atom stereocenters. The molecule has 1 aromatic carbocycles. The molecule has 134 valence electrons. The number of anilines is 1. The molecule has 1 aromatic rings. The first kappa shape index (κ1) is 17.3. The molecule has 1 saturated carbocycles. The number of ether oxygens (including phenoxy) is 1. The van der Waals surface area contributed by atoms with E-state index in [1.165, 1.54) is 7.11 Å². The van der Waals surface area contributed by atoms with Crippen molar-refractivity contribution in [3.8, 4) is 5.75 Å². The van der Waals surface area contributed by atoms with Gasteiger partial charge in [-0.1, -0.05) is 19.1 Å². The SMILES string of the molecule is COc1ccccc1NC(=O)CN1C(=O)NC2(CCC(C)CC2)C1=O. The maximum absolute atomic E-state index is 12.7. The van der Waals surface area contributed by atoms with E-state index in [9.17, 15) is 14.4 Å². The Morgan fingerprint density at radius 2 is 2.00 bits per heavy atom. The van der Waals surface area contributed by atoms with Gasteiger partial charge in [-0.05, 0) is 43.7 Å². The monoisotopic (exact) mass is 345 g/mol. The van der Waals surface area contributed by atoms with Crippen LogP contribution in [0, 0.1) is 5.92 Å². The topological polar surface area (TPSA) is 87.7 Å². The quantitative estimate of drug-likeness (QED) is 0.819. The fourth-order valence-electron chi connectivity index (χ4n) is 3.49. The highest BCUT2D eigenvalue weighted by Crippen LogP contribution is 2.36. The molecule has 0 aromatic heterocycles. The summed E-state index contributed by atoms with van der Waals surface area (Å²) in [5, 5.41) is 5.50. The van der Waals surface area contributed by atoms with Crippen LogP contribution in [0.25, 0.3) is 0 Å². The smallest absolute Gasteiger partial charge is 0.325 e. The number of urea groups is 1. The second-order valence-corrected chi connectivity index (χ2v) is 6.83. The third kappa shape index (κ3) is 3.31. The van der Waals surface area contributed by atoms with Gasteiger partial charge in [-0.15, -0.1) is 0 Å². The van der Waals surface area contributed by atoms with Crippen molar-refractivity contribution < 1.29 is 19.1 Å². The van der Waals surface area contributed by atoms with Crippen molar-refractivity contribution in [2.24, 2.45) is 5.92 Å². The van der Waals surface area contributed by atoms with Gasteiger partial charge >= 0.3 is 6.03 Å². The number of imide groups is 1. The predicted octanol–water partition coefficient (Wildman–Crippen LogP) is 2.13. The first-order valence-corrected chi connectivity index (χ1v) is 8.52. The zero-order chi connectivity index (χ0) is 18.0. The van der Waals surface area contributed by atoms with E-state index in [1.807, 2.05) is 0 Å². The lowest BCUT2D eigenvalue weighted by atomic mass is 9.77. The van der Waals surface area contributed by atoms with Gasteiger partial charge in [0.05, 0.1) is 12.8 Å². The number of carbonyl (C=O) groups is 3. The number of benzene rings is 1. The van der Waals surface area contributed by atoms with Crippen molar-refractivity contribution in [2.45, 2.75) is 38.1 Å². The van der Waals surface area contributed by atoms with E-state index in [-0.39, 0.29) is 12.5 Å². The number of methoxy groups -OCH3 is 1. The second kappa shape index (κ2) is 6.74. The lowest BCUT2D eigenvalue weighted by molar-refractivity contribution is -0.135. The summed E-state index contributed by atoms with van der Waals surface area (Å²) in [6, 6.07) is 6.49. The third-order valence-electron chi connectivity index (χ3n) is 5.06. The van der Waals surface area contributed by atoms with Gasteiger partial charge in [-0.25, -0.2) is 4.79 Å². The summed E-state index contributed by atoms with van der Waals surface area (Å²) in [6.07, 6.45) is 3.05. The molecule has 1 saturated heterocycles. The number of nitrogens with one attached hydrogen (secondary N) is 2. The van der Waals surface area contributed by atoms with E-state index in [1.54, 1.807) is 24.3 Å². The van der Waals surface area contributed by atoms with Crippen LogP contribution in [-0.4, -0.2) is 41.9 Å². The van der Waals surface area contributed by atoms with Crippen LogP contribution in [0.2, 0.25) is 0 Å². The van der Waals surface area contributed by atoms with Crippen LogP contribution in [0.5, 0.6) is 5.75 Å². The molecular formula is C18H23N3O4. The minimum Gasteiger partial charge on any atom is -0.495 e. The Morgan fingerprint density at radius 1 is 1.32 bits per heavy atom. The number of amides is 4. The Labute approximate surface area is 146 Å². The van der Waals surface area contributed by atoms with Crippen molar-refractivity contribution in [3.63, 3.8) is 0 Å². The molecule has 7 nitrogen and oxygen atoms in total. The fourth-order valence-corrected chi connectivity index (χ4v) is 3.49. The number of hydrogen-bond acceptors (Lipinski definition) is 4. The average Bonchev–Trinajstić information content (AvgIpc) is 2.82. The van der Waals surface area contributed by atoms with Crippen molar-refractivity contribution >= 4 is 23.5 Å². The van der Waals surface area contributed by atoms with E-state index in [4.69, 9.17) is 4.74 Å². The summed E-state index contributed by atoms with van der Waals surface area (Å²) in [4.78, 5) is 38.3. The summed E-state index contributed by atoms with van der Waals surface area (Å²) >= 11 is 0. The van der Waals surface area contributed by atoms with Crippen LogP contribution >= 0.6 is 0 Å². The standard InChI is InChI=1S/C18H23N3O4/c1-12-7-9-18(10-8-12)16(23)21(17(24)20-18)11-15(22)19-13-5-3-4-6-14(13)25-2/h3-6,12H,7-11H2,1-2H3,(H,19,22)(H,20,24). The number of hydrogen-bond donors (Lipinski definition) is 2. The molecule has 0 bridgehead atoms. The highest BCUT2D eigenvalue weighted by Gasteiger charge is 2.52. The molecule has 1 spiro atoms. The van der Waals surface area contributed by atoms with Gasteiger partial charge in [-0.3, -0.25) is 14.5 Å². The number of rotatable bonds is 4. The van der Waals surface area contributed by atoms with Crippen LogP contribution < -0.4 is 15.4 Å².